The Morgan fingerprint density at radius 2 is 2.21 bits per heavy atom. The topological polar surface area (TPSA) is 46.2 Å². The minimum atomic E-state index is -0.198. The lowest BCUT2D eigenvalue weighted by molar-refractivity contribution is -0.132. The number of nitrogens with one attached hydrogen (secondary N) is 1. The van der Waals surface area contributed by atoms with Crippen LogP contribution in [0.1, 0.15) is 23.8 Å². The number of Topliss-reactive ketones (excluding diaryl/α,β-unsaturated/α-hetero) is 1. The first kappa shape index (κ1) is 9.68. The molecule has 0 aliphatic carbocycles. The molecule has 1 saturated heterocycles. The van der Waals surface area contributed by atoms with Crippen molar-refractivity contribution in [3.8, 4) is 0 Å². The second kappa shape index (κ2) is 3.71. The first-order chi connectivity index (χ1) is 6.65. The average molecular weight is 230 g/mol. The molecule has 1 aromatic rings. The van der Waals surface area contributed by atoms with E-state index in [9.17, 15) is 9.59 Å². The molecule has 1 amide bonds. The van der Waals surface area contributed by atoms with Gasteiger partial charge in [0.2, 0.25) is 5.91 Å². The fraction of sp³-hybridized carbons (Fsp3) is 0.333. The number of piperidine rings is 1. The van der Waals surface area contributed by atoms with Gasteiger partial charge in [-0.3, -0.25) is 9.59 Å². The van der Waals surface area contributed by atoms with Crippen molar-refractivity contribution in [3.63, 3.8) is 0 Å². The molecule has 2 heterocycles. The Kier molecular flexibility index (Phi) is 2.56. The number of halogens is 1. The van der Waals surface area contributed by atoms with Gasteiger partial charge in [0.15, 0.2) is 0 Å². The van der Waals surface area contributed by atoms with Gasteiger partial charge >= 0.3 is 0 Å². The first-order valence-electron chi connectivity index (χ1n) is 4.21. The summed E-state index contributed by atoms with van der Waals surface area (Å²) in [4.78, 5) is 23.2. The lowest BCUT2D eigenvalue weighted by Gasteiger charge is -2.20. The van der Waals surface area contributed by atoms with Gasteiger partial charge in [-0.15, -0.1) is 11.3 Å². The van der Waals surface area contributed by atoms with E-state index >= 15 is 0 Å². The van der Waals surface area contributed by atoms with Crippen molar-refractivity contribution in [3.05, 3.63) is 21.3 Å². The number of hydrogen-bond donors (Lipinski definition) is 1. The van der Waals surface area contributed by atoms with Crippen molar-refractivity contribution in [1.82, 2.24) is 5.32 Å². The van der Waals surface area contributed by atoms with Crippen molar-refractivity contribution in [2.75, 3.05) is 0 Å². The third kappa shape index (κ3) is 1.96. The maximum atomic E-state index is 11.2. The Morgan fingerprint density at radius 1 is 1.43 bits per heavy atom. The molecule has 5 heteroatoms. The maximum absolute atomic E-state index is 11.2. The van der Waals surface area contributed by atoms with E-state index in [1.165, 1.54) is 11.3 Å². The SMILES string of the molecule is O=C1CC(=O)NC(c2ccc(Cl)s2)C1. The van der Waals surface area contributed by atoms with Gasteiger partial charge < -0.3 is 5.32 Å². The molecule has 1 unspecified atom stereocenters. The lowest BCUT2D eigenvalue weighted by Crippen LogP contribution is -2.36. The van der Waals surface area contributed by atoms with Crippen molar-refractivity contribution >= 4 is 34.6 Å². The maximum Gasteiger partial charge on any atom is 0.227 e. The van der Waals surface area contributed by atoms with Gasteiger partial charge in [0, 0.05) is 11.3 Å². The predicted molar refractivity (Wildman–Crippen MR) is 54.5 cm³/mol. The van der Waals surface area contributed by atoms with Crippen LogP contribution in [-0.2, 0) is 9.59 Å². The molecule has 1 aromatic heterocycles. The highest BCUT2D eigenvalue weighted by atomic mass is 35.5. The highest BCUT2D eigenvalue weighted by molar-refractivity contribution is 7.16. The van der Waals surface area contributed by atoms with Crippen LogP contribution in [0.15, 0.2) is 12.1 Å². The fourth-order valence-electron chi connectivity index (χ4n) is 1.46. The zero-order valence-electron chi connectivity index (χ0n) is 7.25. The van der Waals surface area contributed by atoms with Gasteiger partial charge in [-0.25, -0.2) is 0 Å². The van der Waals surface area contributed by atoms with E-state index in [1.807, 2.05) is 6.07 Å². The molecule has 0 radical (unpaired) electrons. The minimum absolute atomic E-state index is 0.00953. The molecule has 1 atom stereocenters. The zero-order chi connectivity index (χ0) is 10.1. The van der Waals surface area contributed by atoms with E-state index in [0.717, 1.165) is 4.88 Å². The molecule has 1 aliphatic rings. The molecule has 3 nitrogen and oxygen atoms in total. The normalized spacial score (nSPS) is 22.2. The largest absolute Gasteiger partial charge is 0.348 e. The number of carbonyl (C=O) groups is 2. The summed E-state index contributed by atoms with van der Waals surface area (Å²) in [6, 6.07) is 3.44. The molecule has 0 aromatic carbocycles. The van der Waals surface area contributed by atoms with Gasteiger partial charge in [-0.1, -0.05) is 11.6 Å². The van der Waals surface area contributed by atoms with Gasteiger partial charge in [-0.05, 0) is 12.1 Å². The summed E-state index contributed by atoms with van der Waals surface area (Å²) in [5.74, 6) is -0.209. The first-order valence-corrected chi connectivity index (χ1v) is 5.41. The van der Waals surface area contributed by atoms with Crippen LogP contribution < -0.4 is 5.32 Å². The third-order valence-corrected chi connectivity index (χ3v) is 3.41. The summed E-state index contributed by atoms with van der Waals surface area (Å²) in [6.07, 6.45) is 0.387. The van der Waals surface area contributed by atoms with Crippen LogP contribution in [0.3, 0.4) is 0 Å². The fourth-order valence-corrected chi connectivity index (χ4v) is 2.57. The van der Waals surface area contributed by atoms with Crippen LogP contribution in [0.4, 0.5) is 0 Å². The Hall–Kier alpha value is -0.870. The Bertz CT molecular complexity index is 372. The number of rotatable bonds is 1. The second-order valence-electron chi connectivity index (χ2n) is 3.18. The molecule has 0 saturated carbocycles. The Labute approximate surface area is 90.1 Å². The highest BCUT2D eigenvalue weighted by Gasteiger charge is 2.26. The summed E-state index contributed by atoms with van der Waals surface area (Å²) < 4.78 is 0.673. The Morgan fingerprint density at radius 3 is 2.79 bits per heavy atom. The van der Waals surface area contributed by atoms with Crippen LogP contribution >= 0.6 is 22.9 Å². The summed E-state index contributed by atoms with van der Waals surface area (Å²) in [5.41, 5.74) is 0. The molecule has 1 N–H and O–H groups in total. The molecule has 0 spiro atoms. The Balaban J connectivity index is 2.18. The van der Waals surface area contributed by atoms with Gasteiger partial charge in [-0.2, -0.15) is 0 Å². The average Bonchev–Trinajstić information content (AvgIpc) is 2.50. The summed E-state index contributed by atoms with van der Waals surface area (Å²) in [5, 5.41) is 2.77. The molecule has 74 valence electrons. The number of amides is 1. The van der Waals surface area contributed by atoms with Crippen molar-refractivity contribution in [2.24, 2.45) is 0 Å². The van der Waals surface area contributed by atoms with E-state index in [0.29, 0.717) is 10.8 Å². The molecule has 1 fully saturated rings. The standard InChI is InChI=1S/C9H8ClNO2S/c10-8-2-1-7(14-8)6-3-5(12)4-9(13)11-6/h1-2,6H,3-4H2,(H,11,13). The van der Waals surface area contributed by atoms with Crippen molar-refractivity contribution in [1.29, 1.82) is 0 Å². The van der Waals surface area contributed by atoms with Crippen LogP contribution in [-0.4, -0.2) is 11.7 Å². The molecule has 2 rings (SSSR count). The van der Waals surface area contributed by atoms with Crippen LogP contribution in [0.25, 0.3) is 0 Å². The number of thiophene rings is 1. The van der Waals surface area contributed by atoms with Crippen molar-refractivity contribution in [2.45, 2.75) is 18.9 Å². The third-order valence-electron chi connectivity index (χ3n) is 2.06. The quantitative estimate of drug-likeness (QED) is 0.748. The van der Waals surface area contributed by atoms with Gasteiger partial charge in [0.1, 0.15) is 5.78 Å². The monoisotopic (exact) mass is 229 g/mol. The minimum Gasteiger partial charge on any atom is -0.348 e. The number of ketones is 1. The highest BCUT2D eigenvalue weighted by Crippen LogP contribution is 2.30. The molecular formula is C9H8ClNO2S. The predicted octanol–water partition coefficient (Wildman–Crippen LogP) is 1.92. The summed E-state index contributed by atoms with van der Waals surface area (Å²) in [6.45, 7) is 0. The van der Waals surface area contributed by atoms with Gasteiger partial charge in [0.05, 0.1) is 16.8 Å². The number of hydrogen-bond acceptors (Lipinski definition) is 3. The molecular weight excluding hydrogens is 222 g/mol. The van der Waals surface area contributed by atoms with Crippen LogP contribution in [0.5, 0.6) is 0 Å². The summed E-state index contributed by atoms with van der Waals surface area (Å²) in [7, 11) is 0. The second-order valence-corrected chi connectivity index (χ2v) is 4.93. The molecule has 0 bridgehead atoms. The van der Waals surface area contributed by atoms with Crippen LogP contribution in [0, 0.1) is 0 Å². The number of carbonyl (C=O) groups excluding carboxylic acids is 2. The smallest absolute Gasteiger partial charge is 0.227 e. The van der Waals surface area contributed by atoms with E-state index in [1.54, 1.807) is 6.07 Å². The van der Waals surface area contributed by atoms with E-state index in [-0.39, 0.29) is 24.2 Å². The summed E-state index contributed by atoms with van der Waals surface area (Å²) >= 11 is 7.17. The van der Waals surface area contributed by atoms with Crippen LogP contribution in [0.2, 0.25) is 4.34 Å². The zero-order valence-corrected chi connectivity index (χ0v) is 8.82. The van der Waals surface area contributed by atoms with Crippen molar-refractivity contribution < 1.29 is 9.59 Å². The van der Waals surface area contributed by atoms with E-state index in [4.69, 9.17) is 11.6 Å². The lowest BCUT2D eigenvalue weighted by atomic mass is 10.0. The molecule has 1 aliphatic heterocycles. The van der Waals surface area contributed by atoms with E-state index < -0.39 is 0 Å². The van der Waals surface area contributed by atoms with Gasteiger partial charge in [0.25, 0.3) is 0 Å². The van der Waals surface area contributed by atoms with E-state index in [2.05, 4.69) is 5.32 Å². The molecule has 14 heavy (non-hydrogen) atoms.